The van der Waals surface area contributed by atoms with E-state index in [4.69, 9.17) is 0 Å². The molecule has 0 aliphatic rings. The Morgan fingerprint density at radius 3 is 2.48 bits per heavy atom. The maximum absolute atomic E-state index is 2.33. The van der Waals surface area contributed by atoms with Gasteiger partial charge in [0, 0.05) is 23.1 Å². The monoisotopic (exact) mass is 304 g/mol. The molecule has 0 spiro atoms. The van der Waals surface area contributed by atoms with Gasteiger partial charge in [-0.15, -0.1) is 0 Å². The number of pyridine rings is 1. The second kappa shape index (κ2) is 6.16. The molecule has 0 N–H and O–H groups in total. The first-order chi connectivity index (χ1) is 11.0. The van der Waals surface area contributed by atoms with Crippen molar-refractivity contribution in [3.63, 3.8) is 0 Å². The fraction of sp³-hybridized carbons (Fsp3) is 0.318. The van der Waals surface area contributed by atoms with Crippen LogP contribution in [0.25, 0.3) is 22.2 Å². The van der Waals surface area contributed by atoms with E-state index in [0.29, 0.717) is 5.92 Å². The molecule has 0 aliphatic carbocycles. The highest BCUT2D eigenvalue weighted by Crippen LogP contribution is 2.25. The van der Waals surface area contributed by atoms with Gasteiger partial charge in [-0.05, 0) is 49.4 Å². The van der Waals surface area contributed by atoms with Gasteiger partial charge in [0.05, 0.1) is 0 Å². The number of aryl methyl sites for hydroxylation is 3. The summed E-state index contributed by atoms with van der Waals surface area (Å²) in [7, 11) is 2.18. The van der Waals surface area contributed by atoms with E-state index in [-0.39, 0.29) is 0 Å². The number of hydrogen-bond donors (Lipinski definition) is 0. The number of rotatable bonds is 3. The molecule has 1 heterocycles. The lowest BCUT2D eigenvalue weighted by molar-refractivity contribution is -0.633. The molecule has 0 saturated heterocycles. The van der Waals surface area contributed by atoms with Crippen molar-refractivity contribution in [3.05, 3.63) is 65.2 Å². The Labute approximate surface area is 139 Å². The second-order valence-corrected chi connectivity index (χ2v) is 7.04. The molecule has 0 aliphatic heterocycles. The van der Waals surface area contributed by atoms with Gasteiger partial charge in [0.1, 0.15) is 7.05 Å². The van der Waals surface area contributed by atoms with Crippen LogP contribution in [0.15, 0.2) is 48.5 Å². The number of hydrogen-bond acceptors (Lipinski definition) is 0. The topological polar surface area (TPSA) is 3.88 Å². The first kappa shape index (κ1) is 15.7. The van der Waals surface area contributed by atoms with Crippen LogP contribution in [0.5, 0.6) is 0 Å². The van der Waals surface area contributed by atoms with Gasteiger partial charge in [-0.25, -0.2) is 0 Å². The summed E-state index contributed by atoms with van der Waals surface area (Å²) in [6, 6.07) is 17.9. The van der Waals surface area contributed by atoms with E-state index in [1.807, 2.05) is 0 Å². The van der Waals surface area contributed by atoms with Crippen LogP contribution in [0.3, 0.4) is 0 Å². The molecule has 0 saturated carbocycles. The fourth-order valence-electron chi connectivity index (χ4n) is 3.39. The molecule has 0 fully saturated rings. The van der Waals surface area contributed by atoms with E-state index in [1.165, 1.54) is 38.9 Å². The van der Waals surface area contributed by atoms with E-state index in [2.05, 4.69) is 87.8 Å². The quantitative estimate of drug-likeness (QED) is 0.589. The molecule has 1 heteroatoms. The first-order valence-electron chi connectivity index (χ1n) is 8.45. The van der Waals surface area contributed by atoms with Gasteiger partial charge in [0.15, 0.2) is 0 Å². The van der Waals surface area contributed by atoms with Gasteiger partial charge in [-0.2, -0.15) is 4.57 Å². The summed E-state index contributed by atoms with van der Waals surface area (Å²) < 4.78 is 2.33. The lowest BCUT2D eigenvalue weighted by Crippen LogP contribution is -2.32. The van der Waals surface area contributed by atoms with Gasteiger partial charge in [-0.3, -0.25) is 0 Å². The van der Waals surface area contributed by atoms with Crippen molar-refractivity contribution in [1.29, 1.82) is 0 Å². The van der Waals surface area contributed by atoms with Crippen LogP contribution >= 0.6 is 0 Å². The van der Waals surface area contributed by atoms with Crippen LogP contribution in [0.4, 0.5) is 0 Å². The highest BCUT2D eigenvalue weighted by molar-refractivity contribution is 5.81. The third-order valence-corrected chi connectivity index (χ3v) is 4.60. The Morgan fingerprint density at radius 1 is 0.957 bits per heavy atom. The van der Waals surface area contributed by atoms with Crippen LogP contribution in [0, 0.1) is 19.8 Å². The summed E-state index contributed by atoms with van der Waals surface area (Å²) in [5.74, 6) is 0.671. The number of benzene rings is 2. The second-order valence-electron chi connectivity index (χ2n) is 7.04. The van der Waals surface area contributed by atoms with Gasteiger partial charge in [-0.1, -0.05) is 43.7 Å². The zero-order valence-corrected chi connectivity index (χ0v) is 14.9. The van der Waals surface area contributed by atoms with E-state index in [1.54, 1.807) is 0 Å². The average molecular weight is 304 g/mol. The van der Waals surface area contributed by atoms with Crippen molar-refractivity contribution in [3.8, 4) is 11.3 Å². The van der Waals surface area contributed by atoms with Crippen LogP contribution in [0.1, 0.15) is 30.5 Å². The zero-order valence-electron chi connectivity index (χ0n) is 14.9. The molecule has 3 rings (SSSR count). The van der Waals surface area contributed by atoms with E-state index in [0.717, 1.165) is 6.42 Å². The van der Waals surface area contributed by atoms with Crippen molar-refractivity contribution in [2.24, 2.45) is 13.0 Å². The predicted octanol–water partition coefficient (Wildman–Crippen LogP) is 5.15. The normalized spacial score (nSPS) is 11.4. The van der Waals surface area contributed by atoms with E-state index >= 15 is 0 Å². The smallest absolute Gasteiger partial charge is 0.194 e. The average Bonchev–Trinajstić information content (AvgIpc) is 2.50. The standard InChI is InChI=1S/C22H26N/c1-15(2)13-18-7-6-8-21-19(18)11-12-22(23(21)5)20-14-16(3)9-10-17(20)4/h6-12,14-15H,13H2,1-5H3/q+1. The molecule has 0 unspecified atom stereocenters. The summed E-state index contributed by atoms with van der Waals surface area (Å²) in [6.45, 7) is 8.91. The van der Waals surface area contributed by atoms with Crippen molar-refractivity contribution < 1.29 is 4.57 Å². The lowest BCUT2D eigenvalue weighted by atomic mass is 9.97. The third kappa shape index (κ3) is 3.01. The zero-order chi connectivity index (χ0) is 16.6. The van der Waals surface area contributed by atoms with E-state index in [9.17, 15) is 0 Å². The van der Waals surface area contributed by atoms with Crippen molar-refractivity contribution in [1.82, 2.24) is 0 Å². The minimum atomic E-state index is 0.671. The molecule has 0 bridgehead atoms. The van der Waals surface area contributed by atoms with Gasteiger partial charge in [0.2, 0.25) is 11.2 Å². The molecular weight excluding hydrogens is 278 g/mol. The third-order valence-electron chi connectivity index (χ3n) is 4.60. The summed E-state index contributed by atoms with van der Waals surface area (Å²) in [5, 5.41) is 1.37. The van der Waals surface area contributed by atoms with Gasteiger partial charge >= 0.3 is 0 Å². The maximum atomic E-state index is 2.33. The van der Waals surface area contributed by atoms with Crippen LogP contribution in [-0.2, 0) is 13.5 Å². The molecule has 118 valence electrons. The lowest BCUT2D eigenvalue weighted by Gasteiger charge is -2.11. The van der Waals surface area contributed by atoms with Gasteiger partial charge in [0.25, 0.3) is 0 Å². The first-order valence-corrected chi connectivity index (χ1v) is 8.45. The van der Waals surface area contributed by atoms with Crippen LogP contribution < -0.4 is 4.57 Å². The van der Waals surface area contributed by atoms with Crippen LogP contribution in [-0.4, -0.2) is 0 Å². The Bertz CT molecular complexity index is 859. The maximum Gasteiger partial charge on any atom is 0.213 e. The van der Waals surface area contributed by atoms with Crippen molar-refractivity contribution >= 4 is 10.9 Å². The number of nitrogens with zero attached hydrogens (tertiary/aromatic N) is 1. The van der Waals surface area contributed by atoms with Gasteiger partial charge < -0.3 is 0 Å². The molecule has 2 aromatic carbocycles. The van der Waals surface area contributed by atoms with E-state index < -0.39 is 0 Å². The highest BCUT2D eigenvalue weighted by Gasteiger charge is 2.17. The van der Waals surface area contributed by atoms with Crippen LogP contribution in [0.2, 0.25) is 0 Å². The Hall–Kier alpha value is -2.15. The molecule has 1 nitrogen and oxygen atoms in total. The molecule has 3 aromatic rings. The molecule has 0 amide bonds. The Balaban J connectivity index is 2.22. The number of aromatic nitrogens is 1. The molecule has 0 radical (unpaired) electrons. The van der Waals surface area contributed by atoms with Crippen molar-refractivity contribution in [2.45, 2.75) is 34.1 Å². The molecule has 0 atom stereocenters. The highest BCUT2D eigenvalue weighted by atomic mass is 14.9. The minimum Gasteiger partial charge on any atom is -0.194 e. The summed E-state index contributed by atoms with van der Waals surface area (Å²) in [5.41, 5.74) is 7.98. The predicted molar refractivity (Wildman–Crippen MR) is 98.6 cm³/mol. The fourth-order valence-corrected chi connectivity index (χ4v) is 3.39. The SMILES string of the molecule is Cc1ccc(C)c(-c2ccc3c(CC(C)C)cccc3[n+]2C)c1. The summed E-state index contributed by atoms with van der Waals surface area (Å²) in [4.78, 5) is 0. The Morgan fingerprint density at radius 2 is 1.74 bits per heavy atom. The summed E-state index contributed by atoms with van der Waals surface area (Å²) in [6.07, 6.45) is 1.13. The minimum absolute atomic E-state index is 0.671. The summed E-state index contributed by atoms with van der Waals surface area (Å²) >= 11 is 0. The molecule has 1 aromatic heterocycles. The Kier molecular flexibility index (Phi) is 4.21. The molecule has 23 heavy (non-hydrogen) atoms. The molecular formula is C22H26N+. The number of fused-ring (bicyclic) bond motifs is 1. The van der Waals surface area contributed by atoms with Crippen molar-refractivity contribution in [2.75, 3.05) is 0 Å². The largest absolute Gasteiger partial charge is 0.213 e.